The van der Waals surface area contributed by atoms with E-state index in [4.69, 9.17) is 0 Å². The Morgan fingerprint density at radius 3 is 2.63 bits per heavy atom. The molecule has 7 heteroatoms. The first-order chi connectivity index (χ1) is 13.2. The van der Waals surface area contributed by atoms with Crippen molar-refractivity contribution in [1.29, 1.82) is 0 Å². The molecule has 7 nitrogen and oxygen atoms in total. The zero-order valence-corrected chi connectivity index (χ0v) is 16.6. The van der Waals surface area contributed by atoms with Crippen LogP contribution in [0.15, 0.2) is 12.4 Å². The summed E-state index contributed by atoms with van der Waals surface area (Å²) in [6, 6.07) is 0.934. The first-order valence-electron chi connectivity index (χ1n) is 10.6. The Balaban J connectivity index is 1.15. The smallest absolute Gasteiger partial charge is 0.317 e. The molecule has 0 aromatic carbocycles. The molecule has 27 heavy (non-hydrogen) atoms. The monoisotopic (exact) mass is 374 g/mol. The maximum atomic E-state index is 12.5. The standard InChI is InChI=1S/C20H34N6O/c1-23-9-7-21-19(23)16-24-10-12-25(13-11-24)20(27)22-14-17-6-8-26(15-17)18-4-2-3-5-18/h7,9,17-18H,2-6,8,10-16H2,1H3,(H,22,27). The van der Waals surface area contributed by atoms with Crippen LogP contribution in [0.5, 0.6) is 0 Å². The zero-order chi connectivity index (χ0) is 18.6. The van der Waals surface area contributed by atoms with Crippen LogP contribution < -0.4 is 5.32 Å². The summed E-state index contributed by atoms with van der Waals surface area (Å²) in [4.78, 5) is 23.9. The molecule has 2 saturated heterocycles. The van der Waals surface area contributed by atoms with Crippen LogP contribution in [0.2, 0.25) is 0 Å². The summed E-state index contributed by atoms with van der Waals surface area (Å²) in [6.45, 7) is 7.51. The maximum Gasteiger partial charge on any atom is 0.317 e. The van der Waals surface area contributed by atoms with Crippen molar-refractivity contribution in [3.05, 3.63) is 18.2 Å². The predicted molar refractivity (Wildman–Crippen MR) is 105 cm³/mol. The van der Waals surface area contributed by atoms with E-state index in [1.807, 2.05) is 24.3 Å². The highest BCUT2D eigenvalue weighted by molar-refractivity contribution is 5.74. The summed E-state index contributed by atoms with van der Waals surface area (Å²) in [5.74, 6) is 1.71. The number of piperazine rings is 1. The van der Waals surface area contributed by atoms with Crippen molar-refractivity contribution in [2.45, 2.75) is 44.7 Å². The van der Waals surface area contributed by atoms with Crippen molar-refractivity contribution in [1.82, 2.24) is 29.6 Å². The number of carbonyl (C=O) groups excluding carboxylic acids is 1. The number of nitrogens with one attached hydrogen (secondary N) is 1. The van der Waals surface area contributed by atoms with E-state index >= 15 is 0 Å². The van der Waals surface area contributed by atoms with E-state index in [0.717, 1.165) is 51.1 Å². The molecule has 1 aromatic rings. The number of rotatable bonds is 5. The van der Waals surface area contributed by atoms with Crippen molar-refractivity contribution in [2.75, 3.05) is 45.8 Å². The van der Waals surface area contributed by atoms with Gasteiger partial charge >= 0.3 is 6.03 Å². The van der Waals surface area contributed by atoms with Crippen LogP contribution in [0, 0.1) is 5.92 Å². The Morgan fingerprint density at radius 2 is 1.93 bits per heavy atom. The topological polar surface area (TPSA) is 56.6 Å². The molecule has 1 unspecified atom stereocenters. The van der Waals surface area contributed by atoms with E-state index in [0.29, 0.717) is 5.92 Å². The molecule has 1 saturated carbocycles. The third-order valence-corrected chi connectivity index (χ3v) is 6.65. The average Bonchev–Trinajstić information content (AvgIpc) is 3.43. The molecule has 0 bridgehead atoms. The van der Waals surface area contributed by atoms with Crippen LogP contribution in [-0.4, -0.2) is 82.1 Å². The summed E-state index contributed by atoms with van der Waals surface area (Å²) in [5, 5.41) is 3.20. The first-order valence-corrected chi connectivity index (χ1v) is 10.6. The number of hydrogen-bond acceptors (Lipinski definition) is 4. The molecule has 4 rings (SSSR count). The summed E-state index contributed by atoms with van der Waals surface area (Å²) in [5.41, 5.74) is 0. The molecule has 150 valence electrons. The number of likely N-dealkylation sites (tertiary alicyclic amines) is 1. The van der Waals surface area contributed by atoms with Crippen LogP contribution in [0.25, 0.3) is 0 Å². The van der Waals surface area contributed by atoms with E-state index in [1.54, 1.807) is 0 Å². The Labute approximate surface area is 162 Å². The van der Waals surface area contributed by atoms with E-state index in [-0.39, 0.29) is 6.03 Å². The largest absolute Gasteiger partial charge is 0.338 e. The van der Waals surface area contributed by atoms with Gasteiger partial charge in [0.25, 0.3) is 0 Å². The molecule has 0 radical (unpaired) electrons. The Kier molecular flexibility index (Phi) is 5.98. The van der Waals surface area contributed by atoms with E-state index in [2.05, 4.69) is 24.7 Å². The normalized spacial score (nSPS) is 25.4. The van der Waals surface area contributed by atoms with Crippen LogP contribution in [0.4, 0.5) is 4.79 Å². The number of hydrogen-bond donors (Lipinski definition) is 1. The van der Waals surface area contributed by atoms with Gasteiger partial charge in [-0.25, -0.2) is 9.78 Å². The average molecular weight is 375 g/mol. The van der Waals surface area contributed by atoms with Crippen molar-refractivity contribution >= 4 is 6.03 Å². The molecule has 0 spiro atoms. The maximum absolute atomic E-state index is 12.5. The minimum absolute atomic E-state index is 0.117. The van der Waals surface area contributed by atoms with Gasteiger partial charge in [0.2, 0.25) is 0 Å². The molecule has 3 heterocycles. The fourth-order valence-electron chi connectivity index (χ4n) is 4.83. The number of aryl methyl sites for hydroxylation is 1. The molecule has 2 aliphatic heterocycles. The molecule has 3 aliphatic rings. The highest BCUT2D eigenvalue weighted by Gasteiger charge is 2.30. The molecule has 2 amide bonds. The fraction of sp³-hybridized carbons (Fsp3) is 0.800. The number of aromatic nitrogens is 2. The van der Waals surface area contributed by atoms with Gasteiger partial charge in [-0.3, -0.25) is 4.90 Å². The van der Waals surface area contributed by atoms with E-state index in [1.165, 1.54) is 45.2 Å². The van der Waals surface area contributed by atoms with Crippen LogP contribution >= 0.6 is 0 Å². The third kappa shape index (κ3) is 4.63. The molecule has 1 atom stereocenters. The first kappa shape index (κ1) is 18.7. The summed E-state index contributed by atoms with van der Waals surface area (Å²) >= 11 is 0. The van der Waals surface area contributed by atoms with E-state index in [9.17, 15) is 4.79 Å². The zero-order valence-electron chi connectivity index (χ0n) is 16.6. The van der Waals surface area contributed by atoms with Crippen molar-refractivity contribution in [3.8, 4) is 0 Å². The lowest BCUT2D eigenvalue weighted by molar-refractivity contribution is 0.132. The Hall–Kier alpha value is -1.60. The van der Waals surface area contributed by atoms with Gasteiger partial charge in [-0.15, -0.1) is 0 Å². The van der Waals surface area contributed by atoms with Gasteiger partial charge in [-0.05, 0) is 31.7 Å². The SMILES string of the molecule is Cn1ccnc1CN1CCN(C(=O)NCC2CCN(C3CCCC3)C2)CC1. The van der Waals surface area contributed by atoms with Gasteiger partial charge in [0.15, 0.2) is 0 Å². The second-order valence-electron chi connectivity index (χ2n) is 8.49. The van der Waals surface area contributed by atoms with Gasteiger partial charge in [0.05, 0.1) is 6.54 Å². The number of urea groups is 1. The molecule has 1 aromatic heterocycles. The number of carbonyl (C=O) groups is 1. The molecule has 3 fully saturated rings. The molecule has 1 N–H and O–H groups in total. The number of nitrogens with zero attached hydrogens (tertiary/aromatic N) is 5. The second kappa shape index (κ2) is 8.61. The van der Waals surface area contributed by atoms with Gasteiger partial charge in [-0.1, -0.05) is 12.8 Å². The fourth-order valence-corrected chi connectivity index (χ4v) is 4.83. The van der Waals surface area contributed by atoms with Crippen molar-refractivity contribution < 1.29 is 4.79 Å². The second-order valence-corrected chi connectivity index (χ2v) is 8.49. The molecular formula is C20H34N6O. The summed E-state index contributed by atoms with van der Waals surface area (Å²) in [6.07, 6.45) is 10.6. The predicted octanol–water partition coefficient (Wildman–Crippen LogP) is 1.51. The van der Waals surface area contributed by atoms with Gasteiger partial charge in [0, 0.05) is 64.8 Å². The minimum Gasteiger partial charge on any atom is -0.338 e. The molecule has 1 aliphatic carbocycles. The lowest BCUT2D eigenvalue weighted by atomic mass is 10.1. The number of imidazole rings is 1. The van der Waals surface area contributed by atoms with Gasteiger partial charge in [-0.2, -0.15) is 0 Å². The van der Waals surface area contributed by atoms with E-state index < -0.39 is 0 Å². The van der Waals surface area contributed by atoms with Crippen LogP contribution in [0.1, 0.15) is 37.9 Å². The molecular weight excluding hydrogens is 340 g/mol. The van der Waals surface area contributed by atoms with Crippen LogP contribution in [0.3, 0.4) is 0 Å². The highest BCUT2D eigenvalue weighted by atomic mass is 16.2. The third-order valence-electron chi connectivity index (χ3n) is 6.65. The lowest BCUT2D eigenvalue weighted by Crippen LogP contribution is -2.52. The minimum atomic E-state index is 0.117. The van der Waals surface area contributed by atoms with Gasteiger partial charge in [0.1, 0.15) is 5.82 Å². The Bertz CT molecular complexity index is 618. The van der Waals surface area contributed by atoms with Gasteiger partial charge < -0.3 is 19.7 Å². The Morgan fingerprint density at radius 1 is 1.15 bits per heavy atom. The summed E-state index contributed by atoms with van der Waals surface area (Å²) < 4.78 is 2.07. The van der Waals surface area contributed by atoms with Crippen molar-refractivity contribution in [3.63, 3.8) is 0 Å². The van der Waals surface area contributed by atoms with Crippen LogP contribution in [-0.2, 0) is 13.6 Å². The highest BCUT2D eigenvalue weighted by Crippen LogP contribution is 2.28. The lowest BCUT2D eigenvalue weighted by Gasteiger charge is -2.34. The quantitative estimate of drug-likeness (QED) is 0.849. The van der Waals surface area contributed by atoms with Crippen molar-refractivity contribution in [2.24, 2.45) is 13.0 Å². The summed E-state index contributed by atoms with van der Waals surface area (Å²) in [7, 11) is 2.03. The number of amides is 2.